The molecule has 1 aromatic rings. The van der Waals surface area contributed by atoms with Gasteiger partial charge in [0.15, 0.2) is 5.96 Å². The molecule has 0 spiro atoms. The zero-order valence-electron chi connectivity index (χ0n) is 13.2. The molecule has 0 saturated heterocycles. The summed E-state index contributed by atoms with van der Waals surface area (Å²) in [5.41, 5.74) is 1.13. The maximum Gasteiger partial charge on any atom is 0.190 e. The average Bonchev–Trinajstić information content (AvgIpc) is 2.87. The Morgan fingerprint density at radius 1 is 1.35 bits per heavy atom. The Morgan fingerprint density at radius 2 is 2.10 bits per heavy atom. The summed E-state index contributed by atoms with van der Waals surface area (Å²) in [7, 11) is 1.83. The Balaban J connectivity index is 2.18. The average molecular weight is 296 g/mol. The lowest BCUT2D eigenvalue weighted by Gasteiger charge is -2.16. The molecule has 4 nitrogen and oxygen atoms in total. The molecule has 5 heteroatoms. The molecule has 1 rings (SSSR count). The highest BCUT2D eigenvalue weighted by Crippen LogP contribution is 2.10. The van der Waals surface area contributed by atoms with Gasteiger partial charge in [-0.05, 0) is 19.3 Å². The van der Waals surface area contributed by atoms with Gasteiger partial charge in [0.1, 0.15) is 0 Å². The van der Waals surface area contributed by atoms with Gasteiger partial charge in [0.2, 0.25) is 0 Å². The molecule has 114 valence electrons. The van der Waals surface area contributed by atoms with Gasteiger partial charge >= 0.3 is 0 Å². The summed E-state index contributed by atoms with van der Waals surface area (Å²) in [6.45, 7) is 8.45. The van der Waals surface area contributed by atoms with Crippen molar-refractivity contribution in [2.75, 3.05) is 20.1 Å². The highest BCUT2D eigenvalue weighted by molar-refractivity contribution is 7.09. The van der Waals surface area contributed by atoms with E-state index in [0.29, 0.717) is 0 Å². The van der Waals surface area contributed by atoms with Crippen LogP contribution in [0.3, 0.4) is 0 Å². The second kappa shape index (κ2) is 9.75. The van der Waals surface area contributed by atoms with Crippen LogP contribution >= 0.6 is 11.3 Å². The molecular formula is C15H28N4S. The zero-order chi connectivity index (χ0) is 14.8. The first-order chi connectivity index (χ1) is 9.69. The van der Waals surface area contributed by atoms with Gasteiger partial charge in [0.05, 0.1) is 5.01 Å². The number of nitrogens with zero attached hydrogens (tertiary/aromatic N) is 2. The summed E-state index contributed by atoms with van der Waals surface area (Å²) in [6, 6.07) is 0. The second-order valence-corrected chi connectivity index (χ2v) is 5.99. The van der Waals surface area contributed by atoms with E-state index >= 15 is 0 Å². The van der Waals surface area contributed by atoms with Crippen molar-refractivity contribution >= 4 is 17.3 Å². The molecule has 0 fully saturated rings. The molecule has 2 N–H and O–H groups in total. The van der Waals surface area contributed by atoms with Crippen LogP contribution in [0.15, 0.2) is 10.4 Å². The SMILES string of the molecule is CCC(CC)CNC(=NC)NCCCc1nc(C)cs1. The van der Waals surface area contributed by atoms with E-state index in [2.05, 4.69) is 39.8 Å². The summed E-state index contributed by atoms with van der Waals surface area (Å²) < 4.78 is 0. The van der Waals surface area contributed by atoms with Crippen molar-refractivity contribution in [1.82, 2.24) is 15.6 Å². The van der Waals surface area contributed by atoms with Crippen molar-refractivity contribution in [3.05, 3.63) is 16.1 Å². The molecule has 0 aliphatic carbocycles. The molecule has 1 heterocycles. The van der Waals surface area contributed by atoms with Gasteiger partial charge < -0.3 is 10.6 Å². The summed E-state index contributed by atoms with van der Waals surface area (Å²) >= 11 is 1.75. The van der Waals surface area contributed by atoms with Crippen molar-refractivity contribution in [2.45, 2.75) is 46.5 Å². The number of aromatic nitrogens is 1. The predicted octanol–water partition coefficient (Wildman–Crippen LogP) is 2.99. The Kier molecular flexibility index (Phi) is 8.26. The fourth-order valence-corrected chi connectivity index (χ4v) is 2.82. The van der Waals surface area contributed by atoms with E-state index < -0.39 is 0 Å². The Hall–Kier alpha value is -1.10. The number of rotatable bonds is 8. The zero-order valence-corrected chi connectivity index (χ0v) is 14.0. The smallest absolute Gasteiger partial charge is 0.190 e. The van der Waals surface area contributed by atoms with Gasteiger partial charge in [0, 0.05) is 37.6 Å². The van der Waals surface area contributed by atoms with Gasteiger partial charge in [-0.25, -0.2) is 4.98 Å². The maximum absolute atomic E-state index is 4.47. The Bertz CT molecular complexity index is 396. The van der Waals surface area contributed by atoms with Crippen molar-refractivity contribution in [3.63, 3.8) is 0 Å². The Labute approximate surface area is 127 Å². The molecule has 0 aliphatic rings. The lowest BCUT2D eigenvalue weighted by molar-refractivity contribution is 0.481. The summed E-state index contributed by atoms with van der Waals surface area (Å²) in [5, 5.41) is 10.1. The minimum atomic E-state index is 0.729. The predicted molar refractivity (Wildman–Crippen MR) is 88.6 cm³/mol. The van der Waals surface area contributed by atoms with Gasteiger partial charge in [0.25, 0.3) is 0 Å². The van der Waals surface area contributed by atoms with Gasteiger partial charge in [-0.1, -0.05) is 26.7 Å². The van der Waals surface area contributed by atoms with Crippen LogP contribution in [-0.2, 0) is 6.42 Å². The molecule has 0 unspecified atom stereocenters. The third-order valence-electron chi connectivity index (χ3n) is 3.46. The van der Waals surface area contributed by atoms with E-state index in [-0.39, 0.29) is 0 Å². The van der Waals surface area contributed by atoms with E-state index in [1.165, 1.54) is 17.8 Å². The van der Waals surface area contributed by atoms with Crippen LogP contribution in [0, 0.1) is 12.8 Å². The van der Waals surface area contributed by atoms with Crippen LogP contribution in [0.5, 0.6) is 0 Å². The van der Waals surface area contributed by atoms with Crippen molar-refractivity contribution < 1.29 is 0 Å². The van der Waals surface area contributed by atoms with E-state index in [0.717, 1.165) is 43.5 Å². The number of nitrogens with one attached hydrogen (secondary N) is 2. The molecule has 20 heavy (non-hydrogen) atoms. The molecule has 0 saturated carbocycles. The quantitative estimate of drug-likeness (QED) is 0.440. The van der Waals surface area contributed by atoms with E-state index in [1.807, 2.05) is 14.0 Å². The third-order valence-corrected chi connectivity index (χ3v) is 4.49. The monoisotopic (exact) mass is 296 g/mol. The van der Waals surface area contributed by atoms with Crippen molar-refractivity contribution in [3.8, 4) is 0 Å². The number of aryl methyl sites for hydroxylation is 2. The standard InChI is InChI=1S/C15H28N4S/c1-5-13(6-2)10-18-15(16-4)17-9-7-8-14-19-12(3)11-20-14/h11,13H,5-10H2,1-4H3,(H2,16,17,18). The lowest BCUT2D eigenvalue weighted by atomic mass is 10.0. The normalized spacial score (nSPS) is 11.9. The van der Waals surface area contributed by atoms with Crippen LogP contribution in [0.25, 0.3) is 0 Å². The first-order valence-corrected chi connectivity index (χ1v) is 8.43. The number of thiazole rings is 1. The fourth-order valence-electron chi connectivity index (χ4n) is 2.00. The van der Waals surface area contributed by atoms with Crippen molar-refractivity contribution in [1.29, 1.82) is 0 Å². The molecule has 0 aromatic carbocycles. The van der Waals surface area contributed by atoms with Crippen LogP contribution in [0.4, 0.5) is 0 Å². The van der Waals surface area contributed by atoms with Gasteiger partial charge in [-0.15, -0.1) is 11.3 Å². The first-order valence-electron chi connectivity index (χ1n) is 7.55. The van der Waals surface area contributed by atoms with E-state index in [1.54, 1.807) is 11.3 Å². The second-order valence-electron chi connectivity index (χ2n) is 5.05. The summed E-state index contributed by atoms with van der Waals surface area (Å²) in [5.74, 6) is 1.64. The van der Waals surface area contributed by atoms with Gasteiger partial charge in [-0.3, -0.25) is 4.99 Å². The molecule has 1 aromatic heterocycles. The summed E-state index contributed by atoms with van der Waals surface area (Å²) in [4.78, 5) is 8.73. The highest BCUT2D eigenvalue weighted by Gasteiger charge is 2.04. The number of hydrogen-bond donors (Lipinski definition) is 2. The largest absolute Gasteiger partial charge is 0.356 e. The first kappa shape index (κ1) is 17.0. The molecule has 0 atom stereocenters. The Morgan fingerprint density at radius 3 is 2.65 bits per heavy atom. The van der Waals surface area contributed by atoms with Crippen LogP contribution in [0.2, 0.25) is 0 Å². The third kappa shape index (κ3) is 6.37. The number of guanidine groups is 1. The van der Waals surface area contributed by atoms with Crippen molar-refractivity contribution in [2.24, 2.45) is 10.9 Å². The van der Waals surface area contributed by atoms with Gasteiger partial charge in [-0.2, -0.15) is 0 Å². The topological polar surface area (TPSA) is 49.3 Å². The molecule has 0 bridgehead atoms. The highest BCUT2D eigenvalue weighted by atomic mass is 32.1. The fraction of sp³-hybridized carbons (Fsp3) is 0.733. The summed E-state index contributed by atoms with van der Waals surface area (Å²) in [6.07, 6.45) is 4.54. The molecule has 0 aliphatic heterocycles. The van der Waals surface area contributed by atoms with Crippen LogP contribution in [0.1, 0.15) is 43.8 Å². The lowest BCUT2D eigenvalue weighted by Crippen LogP contribution is -2.40. The number of hydrogen-bond acceptors (Lipinski definition) is 3. The maximum atomic E-state index is 4.47. The van der Waals surface area contributed by atoms with Crippen LogP contribution in [-0.4, -0.2) is 31.1 Å². The molecule has 0 amide bonds. The number of aliphatic imine (C=N–C) groups is 1. The minimum Gasteiger partial charge on any atom is -0.356 e. The minimum absolute atomic E-state index is 0.729. The van der Waals surface area contributed by atoms with Crippen LogP contribution < -0.4 is 10.6 Å². The molecular weight excluding hydrogens is 268 g/mol. The van der Waals surface area contributed by atoms with E-state index in [4.69, 9.17) is 0 Å². The van der Waals surface area contributed by atoms with E-state index in [9.17, 15) is 0 Å². The molecule has 0 radical (unpaired) electrons.